The van der Waals surface area contributed by atoms with E-state index in [-0.39, 0.29) is 11.8 Å². The molecular weight excluding hydrogens is 280 g/mol. The van der Waals surface area contributed by atoms with Crippen molar-refractivity contribution in [2.75, 3.05) is 13.7 Å². The van der Waals surface area contributed by atoms with Crippen LogP contribution in [0.25, 0.3) is 0 Å². The highest BCUT2D eigenvalue weighted by Crippen LogP contribution is 2.14. The van der Waals surface area contributed by atoms with Crippen molar-refractivity contribution in [3.8, 4) is 5.75 Å². The molecule has 22 heavy (non-hydrogen) atoms. The predicted molar refractivity (Wildman–Crippen MR) is 86.6 cm³/mol. The second-order valence-corrected chi connectivity index (χ2v) is 5.32. The summed E-state index contributed by atoms with van der Waals surface area (Å²) in [5.74, 6) is 0.537. The highest BCUT2D eigenvalue weighted by molar-refractivity contribution is 5.86. The summed E-state index contributed by atoms with van der Waals surface area (Å²) in [7, 11) is 1.61. The van der Waals surface area contributed by atoms with Crippen LogP contribution < -0.4 is 10.1 Å². The van der Waals surface area contributed by atoms with Gasteiger partial charge < -0.3 is 15.0 Å². The van der Waals surface area contributed by atoms with Gasteiger partial charge in [0.1, 0.15) is 11.8 Å². The first-order valence-electron chi connectivity index (χ1n) is 7.67. The van der Waals surface area contributed by atoms with Crippen molar-refractivity contribution in [1.82, 2.24) is 10.2 Å². The van der Waals surface area contributed by atoms with Gasteiger partial charge in [-0.15, -0.1) is 0 Å². The van der Waals surface area contributed by atoms with Crippen molar-refractivity contribution >= 4 is 11.8 Å². The summed E-state index contributed by atoms with van der Waals surface area (Å²) in [5, 5.41) is 2.87. The minimum atomic E-state index is -0.489. The van der Waals surface area contributed by atoms with E-state index in [2.05, 4.69) is 12.2 Å². The van der Waals surface area contributed by atoms with Crippen molar-refractivity contribution < 1.29 is 14.3 Å². The SMILES string of the molecule is CCCCNC(=O)[C@H](C)N(Cc1ccc(OC)cc1)C(C)=O. The Morgan fingerprint density at radius 3 is 2.41 bits per heavy atom. The van der Waals surface area contributed by atoms with Crippen molar-refractivity contribution in [3.05, 3.63) is 29.8 Å². The Morgan fingerprint density at radius 1 is 1.27 bits per heavy atom. The van der Waals surface area contributed by atoms with Crippen LogP contribution in [0.2, 0.25) is 0 Å². The highest BCUT2D eigenvalue weighted by atomic mass is 16.5. The van der Waals surface area contributed by atoms with Crippen LogP contribution in [0.3, 0.4) is 0 Å². The number of hydrogen-bond acceptors (Lipinski definition) is 3. The molecule has 5 heteroatoms. The molecule has 0 saturated heterocycles. The third kappa shape index (κ3) is 5.39. The molecule has 122 valence electrons. The number of unbranched alkanes of at least 4 members (excludes halogenated alkanes) is 1. The lowest BCUT2D eigenvalue weighted by molar-refractivity contribution is -0.138. The Hall–Kier alpha value is -2.04. The smallest absolute Gasteiger partial charge is 0.242 e. The lowest BCUT2D eigenvalue weighted by Crippen LogP contribution is -2.47. The summed E-state index contributed by atoms with van der Waals surface area (Å²) in [4.78, 5) is 25.6. The van der Waals surface area contributed by atoms with Crippen LogP contribution in [0, 0.1) is 0 Å². The molecule has 0 spiro atoms. The number of carbonyl (C=O) groups excluding carboxylic acids is 2. The molecule has 5 nitrogen and oxygen atoms in total. The number of benzene rings is 1. The Kier molecular flexibility index (Phi) is 7.43. The van der Waals surface area contributed by atoms with E-state index >= 15 is 0 Å². The normalized spacial score (nSPS) is 11.6. The van der Waals surface area contributed by atoms with E-state index in [4.69, 9.17) is 4.74 Å². The van der Waals surface area contributed by atoms with Gasteiger partial charge in [0.15, 0.2) is 0 Å². The first-order chi connectivity index (χ1) is 10.5. The molecule has 0 unspecified atom stereocenters. The van der Waals surface area contributed by atoms with Crippen LogP contribution in [0.15, 0.2) is 24.3 Å². The molecule has 0 aliphatic carbocycles. The van der Waals surface area contributed by atoms with E-state index in [1.165, 1.54) is 6.92 Å². The van der Waals surface area contributed by atoms with Crippen molar-refractivity contribution in [1.29, 1.82) is 0 Å². The molecule has 2 amide bonds. The van der Waals surface area contributed by atoms with Gasteiger partial charge in [-0.3, -0.25) is 9.59 Å². The van der Waals surface area contributed by atoms with Gasteiger partial charge in [0.05, 0.1) is 7.11 Å². The minimum Gasteiger partial charge on any atom is -0.497 e. The van der Waals surface area contributed by atoms with E-state index in [1.807, 2.05) is 24.3 Å². The molecule has 1 N–H and O–H groups in total. The largest absolute Gasteiger partial charge is 0.497 e. The number of hydrogen-bond donors (Lipinski definition) is 1. The molecule has 1 aromatic rings. The second-order valence-electron chi connectivity index (χ2n) is 5.32. The van der Waals surface area contributed by atoms with E-state index in [0.717, 1.165) is 24.2 Å². The lowest BCUT2D eigenvalue weighted by atomic mass is 10.1. The fourth-order valence-electron chi connectivity index (χ4n) is 2.13. The van der Waals surface area contributed by atoms with Gasteiger partial charge >= 0.3 is 0 Å². The molecule has 0 aromatic heterocycles. The summed E-state index contributed by atoms with van der Waals surface area (Å²) in [6, 6.07) is 7.00. The van der Waals surface area contributed by atoms with Crippen LogP contribution in [-0.2, 0) is 16.1 Å². The monoisotopic (exact) mass is 306 g/mol. The van der Waals surface area contributed by atoms with E-state index in [0.29, 0.717) is 13.1 Å². The molecule has 1 atom stereocenters. The maximum atomic E-state index is 12.1. The molecule has 0 aliphatic rings. The molecule has 0 heterocycles. The molecule has 0 bridgehead atoms. The summed E-state index contributed by atoms with van der Waals surface area (Å²) in [6.07, 6.45) is 1.97. The molecule has 0 aliphatic heterocycles. The first kappa shape index (κ1) is 18.0. The van der Waals surface area contributed by atoms with E-state index in [1.54, 1.807) is 18.9 Å². The number of carbonyl (C=O) groups is 2. The minimum absolute atomic E-state index is 0.114. The average Bonchev–Trinajstić information content (AvgIpc) is 2.52. The number of rotatable bonds is 8. The van der Waals surface area contributed by atoms with Gasteiger partial charge in [0.2, 0.25) is 11.8 Å². The second kappa shape index (κ2) is 9.07. The third-order valence-corrected chi connectivity index (χ3v) is 3.59. The van der Waals surface area contributed by atoms with Crippen molar-refractivity contribution in [2.45, 2.75) is 46.2 Å². The molecule has 0 radical (unpaired) electrons. The first-order valence-corrected chi connectivity index (χ1v) is 7.67. The maximum absolute atomic E-state index is 12.1. The zero-order chi connectivity index (χ0) is 16.5. The van der Waals surface area contributed by atoms with Crippen molar-refractivity contribution in [3.63, 3.8) is 0 Å². The standard InChI is InChI=1S/C17H26N2O3/c1-5-6-11-18-17(21)13(2)19(14(3)20)12-15-7-9-16(22-4)10-8-15/h7-10,13H,5-6,11-12H2,1-4H3,(H,18,21)/t13-/m0/s1. The van der Waals surface area contributed by atoms with Gasteiger partial charge in [0.25, 0.3) is 0 Å². The predicted octanol–water partition coefficient (Wildman–Crippen LogP) is 2.35. The lowest BCUT2D eigenvalue weighted by Gasteiger charge is -2.27. The van der Waals surface area contributed by atoms with Gasteiger partial charge in [-0.05, 0) is 31.0 Å². The molecule has 1 aromatic carbocycles. The molecule has 1 rings (SSSR count). The van der Waals surface area contributed by atoms with E-state index < -0.39 is 6.04 Å². The number of nitrogens with one attached hydrogen (secondary N) is 1. The van der Waals surface area contributed by atoms with Crippen LogP contribution in [0.4, 0.5) is 0 Å². The Morgan fingerprint density at radius 2 is 1.91 bits per heavy atom. The topological polar surface area (TPSA) is 58.6 Å². The summed E-state index contributed by atoms with van der Waals surface area (Å²) >= 11 is 0. The Balaban J connectivity index is 2.71. The number of nitrogens with zero attached hydrogens (tertiary/aromatic N) is 1. The zero-order valence-electron chi connectivity index (χ0n) is 13.9. The quantitative estimate of drug-likeness (QED) is 0.750. The zero-order valence-corrected chi connectivity index (χ0v) is 13.9. The number of ether oxygens (including phenoxy) is 1. The summed E-state index contributed by atoms with van der Waals surface area (Å²) < 4.78 is 5.12. The summed E-state index contributed by atoms with van der Waals surface area (Å²) in [5.41, 5.74) is 0.962. The maximum Gasteiger partial charge on any atom is 0.242 e. The van der Waals surface area contributed by atoms with Gasteiger partial charge in [0, 0.05) is 20.0 Å². The van der Waals surface area contributed by atoms with Gasteiger partial charge in [-0.2, -0.15) is 0 Å². The van der Waals surface area contributed by atoms with Crippen LogP contribution in [0.5, 0.6) is 5.75 Å². The number of methoxy groups -OCH3 is 1. The van der Waals surface area contributed by atoms with Crippen LogP contribution in [-0.4, -0.2) is 36.4 Å². The molecule has 0 fully saturated rings. The van der Waals surface area contributed by atoms with Crippen molar-refractivity contribution in [2.24, 2.45) is 0 Å². The summed E-state index contributed by atoms with van der Waals surface area (Å²) in [6.45, 7) is 6.36. The Bertz CT molecular complexity index is 485. The Labute approximate surface area is 132 Å². The fraction of sp³-hybridized carbons (Fsp3) is 0.529. The highest BCUT2D eigenvalue weighted by Gasteiger charge is 2.23. The number of amides is 2. The average molecular weight is 306 g/mol. The van der Waals surface area contributed by atoms with Gasteiger partial charge in [-0.25, -0.2) is 0 Å². The third-order valence-electron chi connectivity index (χ3n) is 3.59. The van der Waals surface area contributed by atoms with Gasteiger partial charge in [-0.1, -0.05) is 25.5 Å². The molecular formula is C17H26N2O3. The van der Waals surface area contributed by atoms with E-state index in [9.17, 15) is 9.59 Å². The van der Waals surface area contributed by atoms with Crippen LogP contribution >= 0.6 is 0 Å². The fourth-order valence-corrected chi connectivity index (χ4v) is 2.13. The van der Waals surface area contributed by atoms with Crippen LogP contribution in [0.1, 0.15) is 39.2 Å². The molecule has 0 saturated carbocycles.